The van der Waals surface area contributed by atoms with Crippen molar-refractivity contribution in [2.45, 2.75) is 18.4 Å². The standard InChI is InChI=1S/C6H8O7.Li.3Na/c7-3(8)1-6(13,5(11)12)2-4(9)10;;;;/h13H,1-2H2,(H,7,8)(H,9,10)(H,11,12);;;;/q;4*+1/p-3. The SMILES string of the molecule is O=C([O-])CC(O)(CC(=O)[O-])C(=O)[O-].[Li+].[Na+].[Na+].[Na+]. The Morgan fingerprint density at radius 3 is 1.24 bits per heavy atom. The van der Waals surface area contributed by atoms with Crippen LogP contribution in [-0.4, -0.2) is 28.6 Å². The molecule has 0 aliphatic heterocycles. The van der Waals surface area contributed by atoms with Crippen LogP contribution in [0.1, 0.15) is 12.8 Å². The van der Waals surface area contributed by atoms with E-state index < -0.39 is 36.4 Å². The van der Waals surface area contributed by atoms with Crippen molar-refractivity contribution in [2.75, 3.05) is 0 Å². The fourth-order valence-corrected chi connectivity index (χ4v) is 0.684. The molecule has 0 fully saturated rings. The van der Waals surface area contributed by atoms with Gasteiger partial charge in [0.1, 0.15) is 5.60 Å². The van der Waals surface area contributed by atoms with Gasteiger partial charge in [0, 0.05) is 24.8 Å². The van der Waals surface area contributed by atoms with Gasteiger partial charge in [-0.1, -0.05) is 0 Å². The van der Waals surface area contributed by atoms with Gasteiger partial charge in [0.2, 0.25) is 0 Å². The van der Waals surface area contributed by atoms with E-state index in [1.165, 1.54) is 0 Å². The maximum absolute atomic E-state index is 10.1. The minimum Gasteiger partial charge on any atom is -0.550 e. The largest absolute Gasteiger partial charge is 1.00 e. The van der Waals surface area contributed by atoms with Crippen LogP contribution in [-0.2, 0) is 14.4 Å². The van der Waals surface area contributed by atoms with E-state index in [9.17, 15) is 29.7 Å². The third-order valence-corrected chi connectivity index (χ3v) is 1.25. The first kappa shape index (κ1) is 31.4. The van der Waals surface area contributed by atoms with E-state index in [1.54, 1.807) is 0 Å². The molecule has 11 heteroatoms. The molecule has 0 heterocycles. The number of hydrogen-bond acceptors (Lipinski definition) is 7. The average molecular weight is 265 g/mol. The van der Waals surface area contributed by atoms with Crippen LogP contribution in [0.15, 0.2) is 0 Å². The Labute approximate surface area is 176 Å². The van der Waals surface area contributed by atoms with Crippen molar-refractivity contribution in [1.82, 2.24) is 0 Å². The van der Waals surface area contributed by atoms with Crippen LogP contribution >= 0.6 is 0 Å². The molecule has 0 aromatic carbocycles. The fraction of sp³-hybridized carbons (Fsp3) is 0.500. The third kappa shape index (κ3) is 14.2. The molecule has 0 radical (unpaired) electrons. The molecule has 0 saturated heterocycles. The van der Waals surface area contributed by atoms with Crippen molar-refractivity contribution < 1.29 is 142 Å². The smallest absolute Gasteiger partial charge is 0.550 e. The minimum absolute atomic E-state index is 0. The summed E-state index contributed by atoms with van der Waals surface area (Å²) in [6.45, 7) is 0. The van der Waals surface area contributed by atoms with Crippen molar-refractivity contribution in [3.8, 4) is 0 Å². The first-order valence-electron chi connectivity index (χ1n) is 3.11. The van der Waals surface area contributed by atoms with Crippen molar-refractivity contribution >= 4 is 17.9 Å². The van der Waals surface area contributed by atoms with Crippen LogP contribution in [0.5, 0.6) is 0 Å². The van der Waals surface area contributed by atoms with E-state index >= 15 is 0 Å². The third-order valence-electron chi connectivity index (χ3n) is 1.25. The predicted molar refractivity (Wildman–Crippen MR) is 29.2 cm³/mol. The molecule has 0 aliphatic carbocycles. The topological polar surface area (TPSA) is 141 Å². The van der Waals surface area contributed by atoms with Gasteiger partial charge in [0.05, 0.1) is 5.97 Å². The van der Waals surface area contributed by atoms with Crippen LogP contribution in [0.3, 0.4) is 0 Å². The quantitative estimate of drug-likeness (QED) is 0.486. The summed E-state index contributed by atoms with van der Waals surface area (Å²) >= 11 is 0. The molecule has 0 amide bonds. The maximum Gasteiger partial charge on any atom is 1.00 e. The van der Waals surface area contributed by atoms with Crippen LogP contribution in [0.2, 0.25) is 0 Å². The summed E-state index contributed by atoms with van der Waals surface area (Å²) in [4.78, 5) is 30.0. The number of carboxylic acid groups (broad SMARTS) is 3. The van der Waals surface area contributed by atoms with E-state index in [1.807, 2.05) is 0 Å². The fourth-order valence-electron chi connectivity index (χ4n) is 0.684. The molecule has 0 atom stereocenters. The van der Waals surface area contributed by atoms with E-state index in [0.29, 0.717) is 0 Å². The Morgan fingerprint density at radius 2 is 1.12 bits per heavy atom. The molecule has 0 aromatic heterocycles. The molecule has 0 unspecified atom stereocenters. The van der Waals surface area contributed by atoms with Crippen molar-refractivity contribution in [3.63, 3.8) is 0 Å². The number of carbonyl (C=O) groups is 3. The second-order valence-corrected chi connectivity index (χ2v) is 2.42. The zero-order chi connectivity index (χ0) is 10.6. The predicted octanol–water partition coefficient (Wildman–Crippen LogP) is -17.2. The zero-order valence-corrected chi connectivity index (χ0v) is 16.3. The number of aliphatic hydroxyl groups is 1. The van der Waals surface area contributed by atoms with Gasteiger partial charge < -0.3 is 34.8 Å². The molecule has 1 N–H and O–H groups in total. The molecular weight excluding hydrogens is 260 g/mol. The molecule has 17 heavy (non-hydrogen) atoms. The molecule has 0 saturated carbocycles. The molecular formula is C6H5LiNa3O7+. The first-order chi connectivity index (χ1) is 5.78. The van der Waals surface area contributed by atoms with E-state index in [-0.39, 0.29) is 108 Å². The van der Waals surface area contributed by atoms with Gasteiger partial charge in [-0.15, -0.1) is 0 Å². The van der Waals surface area contributed by atoms with E-state index in [2.05, 4.69) is 0 Å². The van der Waals surface area contributed by atoms with Crippen LogP contribution in [0.25, 0.3) is 0 Å². The monoisotopic (exact) mass is 265 g/mol. The molecule has 0 bridgehead atoms. The summed E-state index contributed by atoms with van der Waals surface area (Å²) in [5, 5.41) is 38.9. The Hall–Kier alpha value is 1.97. The average Bonchev–Trinajstić information content (AvgIpc) is 1.82. The van der Waals surface area contributed by atoms with Crippen molar-refractivity contribution in [2.24, 2.45) is 0 Å². The maximum atomic E-state index is 10.1. The van der Waals surface area contributed by atoms with Crippen molar-refractivity contribution in [1.29, 1.82) is 0 Å². The van der Waals surface area contributed by atoms with Gasteiger partial charge in [-0.05, 0) is 0 Å². The number of rotatable bonds is 5. The summed E-state index contributed by atoms with van der Waals surface area (Å²) in [6, 6.07) is 0. The van der Waals surface area contributed by atoms with Gasteiger partial charge >= 0.3 is 108 Å². The van der Waals surface area contributed by atoms with E-state index in [0.717, 1.165) is 0 Å². The molecule has 7 nitrogen and oxygen atoms in total. The first-order valence-corrected chi connectivity index (χ1v) is 3.11. The van der Waals surface area contributed by atoms with Crippen LogP contribution in [0, 0.1) is 0 Å². The second kappa shape index (κ2) is 14.4. The normalized spacial score (nSPS) is 8.29. The molecule has 0 aliphatic rings. The Kier molecular flexibility index (Phi) is 26.5. The van der Waals surface area contributed by atoms with E-state index in [4.69, 9.17) is 5.11 Å². The van der Waals surface area contributed by atoms with Crippen molar-refractivity contribution in [3.05, 3.63) is 0 Å². The number of aliphatic carboxylic acids is 3. The van der Waals surface area contributed by atoms with Crippen LogP contribution in [0.4, 0.5) is 0 Å². The summed E-state index contributed by atoms with van der Waals surface area (Å²) in [5.74, 6) is -5.98. The zero-order valence-electron chi connectivity index (χ0n) is 10.3. The molecule has 0 aromatic rings. The van der Waals surface area contributed by atoms with Gasteiger partial charge in [-0.2, -0.15) is 0 Å². The molecule has 74 valence electrons. The Bertz CT molecular complexity index is 244. The number of hydrogen-bond donors (Lipinski definition) is 1. The second-order valence-electron chi connectivity index (χ2n) is 2.42. The van der Waals surface area contributed by atoms with Gasteiger partial charge in [0.15, 0.2) is 0 Å². The Balaban J connectivity index is -0.000000120. The van der Waals surface area contributed by atoms with Gasteiger partial charge in [0.25, 0.3) is 0 Å². The summed E-state index contributed by atoms with van der Waals surface area (Å²) in [7, 11) is 0. The number of carbonyl (C=O) groups excluding carboxylic acids is 3. The molecule has 0 spiro atoms. The van der Waals surface area contributed by atoms with Crippen LogP contribution < -0.4 is 123 Å². The Morgan fingerprint density at radius 1 is 0.882 bits per heavy atom. The summed E-state index contributed by atoms with van der Waals surface area (Å²) in [5.41, 5.74) is -2.97. The number of carboxylic acids is 3. The molecule has 0 rings (SSSR count). The minimum atomic E-state index is -2.97. The summed E-state index contributed by atoms with van der Waals surface area (Å²) in [6.07, 6.45) is -2.72. The van der Waals surface area contributed by atoms with Gasteiger partial charge in [-0.25, -0.2) is 0 Å². The van der Waals surface area contributed by atoms with Gasteiger partial charge in [-0.3, -0.25) is 0 Å². The summed E-state index contributed by atoms with van der Waals surface area (Å²) < 4.78 is 0.